The first-order chi connectivity index (χ1) is 15.8. The number of anilines is 2. The smallest absolute Gasteiger partial charge is 0.264 e. The first-order valence-electron chi connectivity index (χ1n) is 10.2. The van der Waals surface area contributed by atoms with Crippen molar-refractivity contribution in [3.05, 3.63) is 78.9 Å². The molecule has 1 unspecified atom stereocenters. The molecule has 2 N–H and O–H groups in total. The number of nitrogens with one attached hydrogen (secondary N) is 1. The Bertz CT molecular complexity index is 1170. The van der Waals surface area contributed by atoms with Crippen molar-refractivity contribution in [2.75, 3.05) is 29.9 Å². The highest BCUT2D eigenvalue weighted by Gasteiger charge is 2.29. The van der Waals surface area contributed by atoms with Crippen LogP contribution in [0.25, 0.3) is 0 Å². The summed E-state index contributed by atoms with van der Waals surface area (Å²) in [5.41, 5.74) is 0.925. The molecule has 3 rings (SSSR count). The molecule has 0 aliphatic carbocycles. The predicted octanol–water partition coefficient (Wildman–Crippen LogP) is 3.29. The Morgan fingerprint density at radius 3 is 2.27 bits per heavy atom. The number of amides is 1. The molecule has 0 fully saturated rings. The molecule has 0 aliphatic rings. The van der Waals surface area contributed by atoms with Crippen LogP contribution in [0.3, 0.4) is 0 Å². The van der Waals surface area contributed by atoms with Crippen LogP contribution in [-0.2, 0) is 14.8 Å². The molecule has 0 saturated heterocycles. The normalized spacial score (nSPS) is 12.0. The number of carbonyl (C=O) groups excluding carboxylic acids is 1. The van der Waals surface area contributed by atoms with Gasteiger partial charge in [0.05, 0.1) is 24.2 Å². The van der Waals surface area contributed by atoms with Crippen molar-refractivity contribution in [2.24, 2.45) is 0 Å². The Morgan fingerprint density at radius 1 is 1.00 bits per heavy atom. The zero-order valence-electron chi connectivity index (χ0n) is 18.3. The van der Waals surface area contributed by atoms with E-state index in [-0.39, 0.29) is 24.0 Å². The van der Waals surface area contributed by atoms with Gasteiger partial charge in [0.25, 0.3) is 10.0 Å². The SMILES string of the molecule is COc1ccccc1N(CC(O)COc1ccc(NC(C)=O)cc1)S(=O)(=O)c1ccccc1. The molecule has 3 aromatic rings. The lowest BCUT2D eigenvalue weighted by Gasteiger charge is -2.28. The minimum atomic E-state index is -3.98. The minimum absolute atomic E-state index is 0.0950. The number of hydrogen-bond acceptors (Lipinski definition) is 6. The Labute approximate surface area is 193 Å². The third-order valence-corrected chi connectivity index (χ3v) is 6.47. The topological polar surface area (TPSA) is 105 Å². The van der Waals surface area contributed by atoms with Crippen molar-refractivity contribution >= 4 is 27.3 Å². The highest BCUT2D eigenvalue weighted by Crippen LogP contribution is 2.32. The van der Waals surface area contributed by atoms with E-state index in [1.807, 2.05) is 0 Å². The first kappa shape index (κ1) is 24.1. The molecule has 0 aliphatic heterocycles. The van der Waals surface area contributed by atoms with E-state index in [1.54, 1.807) is 66.7 Å². The summed E-state index contributed by atoms with van der Waals surface area (Å²) in [4.78, 5) is 11.2. The van der Waals surface area contributed by atoms with Gasteiger partial charge < -0.3 is 19.9 Å². The highest BCUT2D eigenvalue weighted by atomic mass is 32.2. The third kappa shape index (κ3) is 6.24. The summed E-state index contributed by atoms with van der Waals surface area (Å²) < 4.78 is 38.9. The van der Waals surface area contributed by atoms with Gasteiger partial charge in [-0.05, 0) is 48.5 Å². The molecule has 0 aromatic heterocycles. The van der Waals surface area contributed by atoms with Crippen LogP contribution in [0.15, 0.2) is 83.8 Å². The first-order valence-corrected chi connectivity index (χ1v) is 11.6. The average molecular weight is 471 g/mol. The molecule has 0 heterocycles. The Hall–Kier alpha value is -3.56. The van der Waals surface area contributed by atoms with E-state index in [0.29, 0.717) is 22.9 Å². The third-order valence-electron chi connectivity index (χ3n) is 4.68. The lowest BCUT2D eigenvalue weighted by atomic mass is 10.2. The van der Waals surface area contributed by atoms with Crippen molar-refractivity contribution in [3.63, 3.8) is 0 Å². The number of benzene rings is 3. The molecule has 0 radical (unpaired) electrons. The second-order valence-corrected chi connectivity index (χ2v) is 9.05. The fourth-order valence-corrected chi connectivity index (χ4v) is 4.69. The fraction of sp³-hybridized carbons (Fsp3) is 0.208. The number of aliphatic hydroxyl groups is 1. The van der Waals surface area contributed by atoms with Crippen molar-refractivity contribution in [1.29, 1.82) is 0 Å². The van der Waals surface area contributed by atoms with Crippen molar-refractivity contribution in [3.8, 4) is 11.5 Å². The second-order valence-electron chi connectivity index (χ2n) is 7.19. The predicted molar refractivity (Wildman–Crippen MR) is 126 cm³/mol. The Balaban J connectivity index is 1.79. The number of para-hydroxylation sites is 2. The van der Waals surface area contributed by atoms with Crippen LogP contribution in [0.5, 0.6) is 11.5 Å². The maximum absolute atomic E-state index is 13.4. The molecule has 0 spiro atoms. The molecule has 1 amide bonds. The van der Waals surface area contributed by atoms with Gasteiger partial charge in [-0.1, -0.05) is 30.3 Å². The number of carbonyl (C=O) groups is 1. The number of methoxy groups -OCH3 is 1. The summed E-state index contributed by atoms with van der Waals surface area (Å²) in [6.07, 6.45) is -1.14. The maximum Gasteiger partial charge on any atom is 0.264 e. The van der Waals surface area contributed by atoms with E-state index in [1.165, 1.54) is 26.2 Å². The summed E-state index contributed by atoms with van der Waals surface area (Å²) in [5.74, 6) is 0.645. The lowest BCUT2D eigenvalue weighted by molar-refractivity contribution is -0.114. The molecule has 1 atom stereocenters. The monoisotopic (exact) mass is 470 g/mol. The van der Waals surface area contributed by atoms with Gasteiger partial charge in [-0.2, -0.15) is 0 Å². The standard InChI is InChI=1S/C24H26N2O6S/c1-18(27)25-19-12-14-21(15-13-19)32-17-20(28)16-26(23-10-6-7-11-24(23)31-2)33(29,30)22-8-4-3-5-9-22/h3-15,20,28H,16-17H2,1-2H3,(H,25,27). The zero-order valence-corrected chi connectivity index (χ0v) is 19.2. The quantitative estimate of drug-likeness (QED) is 0.471. The molecule has 3 aromatic carbocycles. The van der Waals surface area contributed by atoms with Gasteiger partial charge >= 0.3 is 0 Å². The molecule has 0 saturated carbocycles. The second kappa shape index (κ2) is 10.8. The van der Waals surface area contributed by atoms with Gasteiger partial charge in [-0.25, -0.2) is 8.42 Å². The number of aliphatic hydroxyl groups excluding tert-OH is 1. The van der Waals surface area contributed by atoms with Crippen molar-refractivity contribution < 1.29 is 27.8 Å². The number of nitrogens with zero attached hydrogens (tertiary/aromatic N) is 1. The van der Waals surface area contributed by atoms with Gasteiger partial charge in [-0.15, -0.1) is 0 Å². The summed E-state index contributed by atoms with van der Waals surface area (Å²) >= 11 is 0. The number of hydrogen-bond donors (Lipinski definition) is 2. The number of sulfonamides is 1. The van der Waals surface area contributed by atoms with Crippen LogP contribution < -0.4 is 19.1 Å². The lowest BCUT2D eigenvalue weighted by Crippen LogP contribution is -2.40. The highest BCUT2D eigenvalue weighted by molar-refractivity contribution is 7.92. The van der Waals surface area contributed by atoms with Gasteiger partial charge in [0.1, 0.15) is 24.2 Å². The number of rotatable bonds is 10. The van der Waals surface area contributed by atoms with Crippen LogP contribution >= 0.6 is 0 Å². The fourth-order valence-electron chi connectivity index (χ4n) is 3.16. The van der Waals surface area contributed by atoms with E-state index in [0.717, 1.165) is 4.31 Å². The summed E-state index contributed by atoms with van der Waals surface area (Å²) in [6, 6.07) is 21.3. The van der Waals surface area contributed by atoms with E-state index in [9.17, 15) is 18.3 Å². The number of ether oxygens (including phenoxy) is 2. The van der Waals surface area contributed by atoms with Crippen LogP contribution in [0, 0.1) is 0 Å². The maximum atomic E-state index is 13.4. The molecule has 9 heteroatoms. The van der Waals surface area contributed by atoms with E-state index in [2.05, 4.69) is 5.32 Å². The van der Waals surface area contributed by atoms with E-state index >= 15 is 0 Å². The zero-order chi connectivity index (χ0) is 23.8. The summed E-state index contributed by atoms with van der Waals surface area (Å²) in [6.45, 7) is 1.02. The molecule has 0 bridgehead atoms. The van der Waals surface area contributed by atoms with Gasteiger partial charge in [0.15, 0.2) is 0 Å². The molecule has 174 valence electrons. The van der Waals surface area contributed by atoms with Gasteiger partial charge in [0.2, 0.25) is 5.91 Å². The van der Waals surface area contributed by atoms with Crippen molar-refractivity contribution in [2.45, 2.75) is 17.9 Å². The van der Waals surface area contributed by atoms with Crippen LogP contribution in [0.4, 0.5) is 11.4 Å². The largest absolute Gasteiger partial charge is 0.495 e. The summed E-state index contributed by atoms with van der Waals surface area (Å²) in [7, 11) is -2.53. The summed E-state index contributed by atoms with van der Waals surface area (Å²) in [5, 5.41) is 13.3. The van der Waals surface area contributed by atoms with Crippen LogP contribution in [-0.4, -0.2) is 45.8 Å². The molecular weight excluding hydrogens is 444 g/mol. The van der Waals surface area contributed by atoms with E-state index < -0.39 is 16.1 Å². The molecule has 33 heavy (non-hydrogen) atoms. The Kier molecular flexibility index (Phi) is 7.92. The molecular formula is C24H26N2O6S. The minimum Gasteiger partial charge on any atom is -0.495 e. The van der Waals surface area contributed by atoms with Crippen molar-refractivity contribution in [1.82, 2.24) is 0 Å². The van der Waals surface area contributed by atoms with Gasteiger partial charge in [-0.3, -0.25) is 9.10 Å². The Morgan fingerprint density at radius 2 is 1.64 bits per heavy atom. The molecule has 8 nitrogen and oxygen atoms in total. The van der Waals surface area contributed by atoms with Gasteiger partial charge in [0, 0.05) is 12.6 Å². The van der Waals surface area contributed by atoms with E-state index in [4.69, 9.17) is 9.47 Å². The van der Waals surface area contributed by atoms with Crippen LogP contribution in [0.1, 0.15) is 6.92 Å². The average Bonchev–Trinajstić information content (AvgIpc) is 2.82. The van der Waals surface area contributed by atoms with Crippen LogP contribution in [0.2, 0.25) is 0 Å².